The van der Waals surface area contributed by atoms with Gasteiger partial charge in [0.2, 0.25) is 0 Å². The van der Waals surface area contributed by atoms with E-state index < -0.39 is 0 Å². The summed E-state index contributed by atoms with van der Waals surface area (Å²) in [5.74, 6) is -0.534. The van der Waals surface area contributed by atoms with Crippen molar-refractivity contribution >= 4 is 11.9 Å². The van der Waals surface area contributed by atoms with Crippen molar-refractivity contribution in [3.8, 4) is 0 Å². The van der Waals surface area contributed by atoms with E-state index in [-0.39, 0.29) is 11.9 Å². The van der Waals surface area contributed by atoms with Gasteiger partial charge in [0.05, 0.1) is 13.2 Å². The number of carbonyl (C=O) groups is 2. The van der Waals surface area contributed by atoms with Gasteiger partial charge in [-0.05, 0) is 39.5 Å². The second kappa shape index (κ2) is 13.8. The van der Waals surface area contributed by atoms with E-state index in [2.05, 4.69) is 0 Å². The minimum absolute atomic E-state index is 0.267. The molecular weight excluding hydrogens is 256 g/mol. The maximum atomic E-state index is 11.0. The Morgan fingerprint density at radius 1 is 0.750 bits per heavy atom. The van der Waals surface area contributed by atoms with Gasteiger partial charge in [0.15, 0.2) is 0 Å². The molecule has 0 unspecified atom stereocenters. The van der Waals surface area contributed by atoms with Crippen molar-refractivity contribution in [1.29, 1.82) is 0 Å². The molecule has 0 aliphatic carbocycles. The highest BCUT2D eigenvalue weighted by Crippen LogP contribution is 2.06. The number of ether oxygens (including phenoxy) is 2. The normalized spacial score (nSPS) is 11.1. The van der Waals surface area contributed by atoms with Gasteiger partial charge in [-0.25, -0.2) is 9.59 Å². The number of unbranched alkanes of at least 4 members (excludes halogenated alkanes) is 5. The molecule has 0 heterocycles. The van der Waals surface area contributed by atoms with Crippen LogP contribution in [-0.2, 0) is 19.1 Å². The van der Waals surface area contributed by atoms with Gasteiger partial charge in [-0.3, -0.25) is 0 Å². The number of esters is 2. The van der Waals surface area contributed by atoms with Gasteiger partial charge in [-0.2, -0.15) is 0 Å². The summed E-state index contributed by atoms with van der Waals surface area (Å²) in [5.41, 5.74) is 0. The third-order valence-electron chi connectivity index (χ3n) is 2.57. The maximum Gasteiger partial charge on any atom is 0.330 e. The molecule has 0 bridgehead atoms. The third-order valence-corrected chi connectivity index (χ3v) is 2.57. The Kier molecular flexibility index (Phi) is 12.7. The summed E-state index contributed by atoms with van der Waals surface area (Å²) < 4.78 is 9.56. The first-order valence-corrected chi connectivity index (χ1v) is 7.37. The molecule has 0 aromatic carbocycles. The van der Waals surface area contributed by atoms with Crippen molar-refractivity contribution in [3.05, 3.63) is 24.3 Å². The maximum absolute atomic E-state index is 11.0. The lowest BCUT2D eigenvalue weighted by Gasteiger charge is -1.98. The van der Waals surface area contributed by atoms with E-state index in [1.807, 2.05) is 12.2 Å². The molecule has 0 rings (SSSR count). The number of hydrogen-bond donors (Lipinski definition) is 0. The van der Waals surface area contributed by atoms with Crippen LogP contribution in [0.5, 0.6) is 0 Å². The van der Waals surface area contributed by atoms with E-state index in [9.17, 15) is 9.59 Å². The summed E-state index contributed by atoms with van der Waals surface area (Å²) >= 11 is 0. The van der Waals surface area contributed by atoms with E-state index in [4.69, 9.17) is 9.47 Å². The zero-order valence-electron chi connectivity index (χ0n) is 12.6. The topological polar surface area (TPSA) is 52.6 Å². The molecule has 0 aromatic rings. The van der Waals surface area contributed by atoms with Gasteiger partial charge in [0.25, 0.3) is 0 Å². The van der Waals surface area contributed by atoms with Crippen LogP contribution >= 0.6 is 0 Å². The molecule has 4 nitrogen and oxygen atoms in total. The van der Waals surface area contributed by atoms with Crippen LogP contribution in [0.25, 0.3) is 0 Å². The van der Waals surface area contributed by atoms with E-state index in [0.717, 1.165) is 38.5 Å². The molecule has 0 radical (unpaired) electrons. The van der Waals surface area contributed by atoms with Gasteiger partial charge in [0.1, 0.15) is 0 Å². The van der Waals surface area contributed by atoms with Crippen LogP contribution < -0.4 is 0 Å². The molecule has 20 heavy (non-hydrogen) atoms. The Bertz CT molecular complexity index is 286. The van der Waals surface area contributed by atoms with Crippen LogP contribution in [-0.4, -0.2) is 25.2 Å². The lowest BCUT2D eigenvalue weighted by atomic mass is 10.1. The van der Waals surface area contributed by atoms with Crippen LogP contribution in [0.15, 0.2) is 24.3 Å². The Labute approximate surface area is 121 Å². The van der Waals surface area contributed by atoms with Crippen molar-refractivity contribution in [2.24, 2.45) is 0 Å². The first kappa shape index (κ1) is 18.4. The van der Waals surface area contributed by atoms with Crippen LogP contribution in [0.2, 0.25) is 0 Å². The molecule has 0 amide bonds. The monoisotopic (exact) mass is 282 g/mol. The van der Waals surface area contributed by atoms with E-state index in [1.54, 1.807) is 13.8 Å². The highest BCUT2D eigenvalue weighted by Gasteiger charge is 1.94. The largest absolute Gasteiger partial charge is 0.463 e. The number of rotatable bonds is 11. The predicted octanol–water partition coefficient (Wildman–Crippen LogP) is 3.57. The molecule has 0 saturated heterocycles. The second-order valence-corrected chi connectivity index (χ2v) is 4.30. The fraction of sp³-hybridized carbons (Fsp3) is 0.625. The summed E-state index contributed by atoms with van der Waals surface area (Å²) in [4.78, 5) is 22.0. The van der Waals surface area contributed by atoms with Gasteiger partial charge >= 0.3 is 11.9 Å². The molecule has 0 aliphatic heterocycles. The Morgan fingerprint density at radius 2 is 1.15 bits per heavy atom. The first-order chi connectivity index (χ1) is 9.70. The number of allylic oxidation sites excluding steroid dienone is 2. The molecule has 0 fully saturated rings. The minimum atomic E-state index is -0.267. The lowest BCUT2D eigenvalue weighted by molar-refractivity contribution is -0.138. The summed E-state index contributed by atoms with van der Waals surface area (Å²) in [7, 11) is 0. The Hall–Kier alpha value is -1.58. The highest BCUT2D eigenvalue weighted by atomic mass is 16.5. The smallest absolute Gasteiger partial charge is 0.330 e. The SMILES string of the molecule is CCOC(=O)C=CCCCCCCC=CC(=O)OCC. The standard InChI is InChI=1S/C16H26O4/c1-3-19-15(17)13-11-9-7-5-6-8-10-12-14-16(18)20-4-2/h11-14H,3-10H2,1-2H3. The molecule has 0 spiro atoms. The summed E-state index contributed by atoms with van der Waals surface area (Å²) in [6.45, 7) is 4.43. The van der Waals surface area contributed by atoms with Crippen molar-refractivity contribution in [2.75, 3.05) is 13.2 Å². The van der Waals surface area contributed by atoms with Gasteiger partial charge in [0, 0.05) is 12.2 Å². The molecule has 0 aromatic heterocycles. The average Bonchev–Trinajstić information content (AvgIpc) is 2.41. The van der Waals surface area contributed by atoms with E-state index in [1.165, 1.54) is 12.2 Å². The van der Waals surface area contributed by atoms with E-state index >= 15 is 0 Å². The van der Waals surface area contributed by atoms with Gasteiger partial charge in [-0.1, -0.05) is 25.0 Å². The van der Waals surface area contributed by atoms with Crippen LogP contribution in [0.4, 0.5) is 0 Å². The van der Waals surface area contributed by atoms with Crippen LogP contribution in [0.1, 0.15) is 52.4 Å². The summed E-state index contributed by atoms with van der Waals surface area (Å²) in [6, 6.07) is 0. The third kappa shape index (κ3) is 12.9. The zero-order chi connectivity index (χ0) is 15.1. The second-order valence-electron chi connectivity index (χ2n) is 4.30. The zero-order valence-corrected chi connectivity index (χ0v) is 12.6. The molecular formula is C16H26O4. The van der Waals surface area contributed by atoms with Crippen molar-refractivity contribution in [1.82, 2.24) is 0 Å². The Morgan fingerprint density at radius 3 is 1.50 bits per heavy atom. The van der Waals surface area contributed by atoms with Crippen molar-refractivity contribution in [2.45, 2.75) is 52.4 Å². The molecule has 114 valence electrons. The quantitative estimate of drug-likeness (QED) is 0.330. The highest BCUT2D eigenvalue weighted by molar-refractivity contribution is 5.82. The summed E-state index contributed by atoms with van der Waals surface area (Å²) in [5, 5.41) is 0. The Balaban J connectivity index is 3.37. The van der Waals surface area contributed by atoms with E-state index in [0.29, 0.717) is 13.2 Å². The van der Waals surface area contributed by atoms with Crippen LogP contribution in [0, 0.1) is 0 Å². The van der Waals surface area contributed by atoms with Crippen molar-refractivity contribution < 1.29 is 19.1 Å². The molecule has 0 saturated carbocycles. The fourth-order valence-electron chi connectivity index (χ4n) is 1.62. The molecule has 0 aliphatic rings. The average molecular weight is 282 g/mol. The molecule has 0 atom stereocenters. The van der Waals surface area contributed by atoms with Gasteiger partial charge < -0.3 is 9.47 Å². The summed E-state index contributed by atoms with van der Waals surface area (Å²) in [6.07, 6.45) is 12.9. The minimum Gasteiger partial charge on any atom is -0.463 e. The van der Waals surface area contributed by atoms with Crippen LogP contribution in [0.3, 0.4) is 0 Å². The predicted molar refractivity (Wildman–Crippen MR) is 79.2 cm³/mol. The fourth-order valence-corrected chi connectivity index (χ4v) is 1.62. The number of hydrogen-bond acceptors (Lipinski definition) is 4. The van der Waals surface area contributed by atoms with Gasteiger partial charge in [-0.15, -0.1) is 0 Å². The molecule has 4 heteroatoms. The molecule has 0 N–H and O–H groups in total. The van der Waals surface area contributed by atoms with Crippen molar-refractivity contribution in [3.63, 3.8) is 0 Å². The first-order valence-electron chi connectivity index (χ1n) is 7.37. The lowest BCUT2D eigenvalue weighted by Crippen LogP contribution is -1.98. The number of carbonyl (C=O) groups excluding carboxylic acids is 2.